The highest BCUT2D eigenvalue weighted by Crippen LogP contribution is 2.64. The average Bonchev–Trinajstić information content (AvgIpc) is 3.87. The van der Waals surface area contributed by atoms with E-state index < -0.39 is 0 Å². The lowest BCUT2D eigenvalue weighted by molar-refractivity contribution is 1.61. The van der Waals surface area contributed by atoms with Crippen molar-refractivity contribution < 1.29 is 0 Å². The van der Waals surface area contributed by atoms with Crippen molar-refractivity contribution in [3.05, 3.63) is 231 Å². The van der Waals surface area contributed by atoms with Gasteiger partial charge in [0.2, 0.25) is 0 Å². The minimum absolute atomic E-state index is 1.22. The van der Waals surface area contributed by atoms with E-state index in [9.17, 15) is 0 Å². The second-order valence-corrected chi connectivity index (χ2v) is 17.4. The molecule has 2 aliphatic carbocycles. The van der Waals surface area contributed by atoms with Gasteiger partial charge in [0.25, 0.3) is 0 Å². The number of hydrogen-bond acceptors (Lipinski definition) is 0. The van der Waals surface area contributed by atoms with Crippen LogP contribution in [0.5, 0.6) is 0 Å². The molecule has 0 amide bonds. The summed E-state index contributed by atoms with van der Waals surface area (Å²) in [6, 6.07) is 85.9. The number of benzene rings is 12. The summed E-state index contributed by atoms with van der Waals surface area (Å²) in [5.41, 5.74) is 23.1. The maximum absolute atomic E-state index is 2.48. The molecule has 0 aliphatic heterocycles. The first-order chi connectivity index (χ1) is 31.8. The van der Waals surface area contributed by atoms with Crippen LogP contribution in [0.25, 0.3) is 143 Å². The van der Waals surface area contributed by atoms with Gasteiger partial charge in [-0.15, -0.1) is 0 Å². The summed E-state index contributed by atoms with van der Waals surface area (Å²) in [4.78, 5) is 0. The molecular weight excluding hydrogens is 769 g/mol. The smallest absolute Gasteiger partial charge is 0.000740 e. The second-order valence-electron chi connectivity index (χ2n) is 17.4. The fraction of sp³-hybridized carbons (Fsp3) is 0. The molecule has 0 heterocycles. The lowest BCUT2D eigenvalue weighted by Crippen LogP contribution is -1.95. The van der Waals surface area contributed by atoms with Crippen LogP contribution in [0.3, 0.4) is 0 Å². The molecule has 0 nitrogen and oxygen atoms in total. The highest BCUT2D eigenvalue weighted by Gasteiger charge is 2.37. The van der Waals surface area contributed by atoms with Gasteiger partial charge in [0.15, 0.2) is 0 Å². The SMILES string of the molecule is c1ccc(-c2c3c(c(-c4ccccc4)c4ccccc24)-c2ccc4c5c(ccc-3c25)-c2c-4c(-c3ccccc3)c3cc(-c4cccc5ccccc45)ccc3c2-c2ccccc2)cc1. The van der Waals surface area contributed by atoms with Crippen LogP contribution in [0.1, 0.15) is 0 Å². The largest absolute Gasteiger partial charge is 0.0622 e. The molecule has 0 spiro atoms. The van der Waals surface area contributed by atoms with Gasteiger partial charge in [-0.3, -0.25) is 0 Å². The fourth-order valence-corrected chi connectivity index (χ4v) is 11.6. The second kappa shape index (κ2) is 13.6. The summed E-state index contributed by atoms with van der Waals surface area (Å²) >= 11 is 0. The molecule has 0 saturated carbocycles. The topological polar surface area (TPSA) is 0 Å². The predicted molar refractivity (Wildman–Crippen MR) is 273 cm³/mol. The first-order valence-electron chi connectivity index (χ1n) is 22.4. The molecule has 294 valence electrons. The standard InChI is InChI=1S/C64H38/c1-5-19-40(20-6-1)55-47-29-15-16-30-48(47)56(41-21-7-2-8-22-41)62-51-36-37-53-60-52(35-34-50(59(51)60)61(55)62)63-57(42-23-9-3-10-24-42)49-33-32-44(46-31-17-27-39-18-13-14-28-45(39)46)38-54(49)58(64(53)63)43-25-11-4-12-26-43/h1-38H. The van der Waals surface area contributed by atoms with E-state index in [2.05, 4.69) is 231 Å². The fourth-order valence-electron chi connectivity index (χ4n) is 11.6. The third-order valence-corrected chi connectivity index (χ3v) is 14.1. The van der Waals surface area contributed by atoms with Crippen molar-refractivity contribution in [1.29, 1.82) is 0 Å². The molecule has 0 fully saturated rings. The quantitative estimate of drug-likeness (QED) is 0.163. The van der Waals surface area contributed by atoms with Crippen molar-refractivity contribution in [2.24, 2.45) is 0 Å². The third kappa shape index (κ3) is 4.88. The first kappa shape index (κ1) is 35.3. The van der Waals surface area contributed by atoms with E-state index in [0.29, 0.717) is 0 Å². The Morgan fingerprint density at radius 1 is 0.172 bits per heavy atom. The molecule has 2 aliphatic rings. The van der Waals surface area contributed by atoms with E-state index in [1.165, 1.54) is 143 Å². The molecule has 0 heteroatoms. The molecule has 64 heavy (non-hydrogen) atoms. The van der Waals surface area contributed by atoms with E-state index in [0.717, 1.165) is 0 Å². The van der Waals surface area contributed by atoms with Gasteiger partial charge in [-0.1, -0.05) is 224 Å². The molecule has 0 aromatic heterocycles. The summed E-state index contributed by atoms with van der Waals surface area (Å²) in [6.07, 6.45) is 0. The van der Waals surface area contributed by atoms with Crippen LogP contribution in [0.2, 0.25) is 0 Å². The summed E-state index contributed by atoms with van der Waals surface area (Å²) < 4.78 is 0. The molecule has 12 aromatic carbocycles. The Bertz CT molecular complexity index is 3800. The Labute approximate surface area is 372 Å². The van der Waals surface area contributed by atoms with E-state index in [4.69, 9.17) is 0 Å². The first-order valence-corrected chi connectivity index (χ1v) is 22.4. The Morgan fingerprint density at radius 3 is 0.953 bits per heavy atom. The van der Waals surface area contributed by atoms with E-state index in [1.807, 2.05) is 0 Å². The number of fused-ring (bicyclic) bond motifs is 9. The van der Waals surface area contributed by atoms with E-state index in [-0.39, 0.29) is 0 Å². The zero-order chi connectivity index (χ0) is 41.9. The Balaban J connectivity index is 1.14. The molecule has 0 unspecified atom stereocenters. The van der Waals surface area contributed by atoms with Crippen LogP contribution < -0.4 is 0 Å². The van der Waals surface area contributed by atoms with Crippen molar-refractivity contribution in [3.8, 4) is 100 Å². The van der Waals surface area contributed by atoms with Gasteiger partial charge in [0.05, 0.1) is 0 Å². The molecule has 0 radical (unpaired) electrons. The lowest BCUT2D eigenvalue weighted by atomic mass is 9.81. The average molecular weight is 807 g/mol. The van der Waals surface area contributed by atoms with Gasteiger partial charge in [-0.25, -0.2) is 0 Å². The maximum atomic E-state index is 2.48. The number of rotatable bonds is 5. The summed E-state index contributed by atoms with van der Waals surface area (Å²) in [5.74, 6) is 0. The van der Waals surface area contributed by atoms with Crippen LogP contribution in [-0.2, 0) is 0 Å². The van der Waals surface area contributed by atoms with Gasteiger partial charge in [0.1, 0.15) is 0 Å². The van der Waals surface area contributed by atoms with Gasteiger partial charge < -0.3 is 0 Å². The van der Waals surface area contributed by atoms with Crippen LogP contribution in [0.4, 0.5) is 0 Å². The highest BCUT2D eigenvalue weighted by atomic mass is 14.4. The maximum Gasteiger partial charge on any atom is -0.000740 e. The summed E-state index contributed by atoms with van der Waals surface area (Å²) in [6.45, 7) is 0. The molecule has 0 N–H and O–H groups in total. The Kier molecular flexibility index (Phi) is 7.49. The molecule has 0 atom stereocenters. The van der Waals surface area contributed by atoms with Crippen molar-refractivity contribution in [2.75, 3.05) is 0 Å². The third-order valence-electron chi connectivity index (χ3n) is 14.1. The van der Waals surface area contributed by atoms with E-state index >= 15 is 0 Å². The zero-order valence-electron chi connectivity index (χ0n) is 34.9. The number of hydrogen-bond donors (Lipinski definition) is 0. The normalized spacial score (nSPS) is 12.1. The Morgan fingerprint density at radius 2 is 0.516 bits per heavy atom. The van der Waals surface area contributed by atoms with Gasteiger partial charge >= 0.3 is 0 Å². The zero-order valence-corrected chi connectivity index (χ0v) is 34.9. The molecular formula is C64H38. The molecule has 0 bridgehead atoms. The lowest BCUT2D eigenvalue weighted by Gasteiger charge is -2.22. The van der Waals surface area contributed by atoms with Crippen LogP contribution in [0.15, 0.2) is 231 Å². The minimum Gasteiger partial charge on any atom is -0.0622 e. The van der Waals surface area contributed by atoms with E-state index in [1.54, 1.807) is 0 Å². The Hall–Kier alpha value is -8.32. The van der Waals surface area contributed by atoms with Crippen molar-refractivity contribution in [2.45, 2.75) is 0 Å². The van der Waals surface area contributed by atoms with Gasteiger partial charge in [-0.05, 0) is 149 Å². The van der Waals surface area contributed by atoms with Crippen LogP contribution in [-0.4, -0.2) is 0 Å². The van der Waals surface area contributed by atoms with Crippen LogP contribution >= 0.6 is 0 Å². The highest BCUT2D eigenvalue weighted by molar-refractivity contribution is 6.35. The van der Waals surface area contributed by atoms with Crippen molar-refractivity contribution in [1.82, 2.24) is 0 Å². The van der Waals surface area contributed by atoms with Gasteiger partial charge in [0, 0.05) is 0 Å². The summed E-state index contributed by atoms with van der Waals surface area (Å²) in [5, 5.41) is 10.3. The van der Waals surface area contributed by atoms with Gasteiger partial charge in [-0.2, -0.15) is 0 Å². The van der Waals surface area contributed by atoms with Crippen molar-refractivity contribution >= 4 is 43.1 Å². The molecule has 12 aromatic rings. The molecule has 14 rings (SSSR count). The molecule has 0 saturated heterocycles. The minimum atomic E-state index is 1.22. The van der Waals surface area contributed by atoms with Crippen LogP contribution in [0, 0.1) is 0 Å². The van der Waals surface area contributed by atoms with Crippen molar-refractivity contribution in [3.63, 3.8) is 0 Å². The monoisotopic (exact) mass is 806 g/mol. The predicted octanol–water partition coefficient (Wildman–Crippen LogP) is 17.9. The summed E-state index contributed by atoms with van der Waals surface area (Å²) in [7, 11) is 0.